The van der Waals surface area contributed by atoms with Crippen LogP contribution in [-0.4, -0.2) is 10.9 Å². The van der Waals surface area contributed by atoms with Crippen molar-refractivity contribution in [2.75, 3.05) is 5.32 Å². The average Bonchev–Trinajstić information content (AvgIpc) is 2.28. The number of pyridine rings is 1. The van der Waals surface area contributed by atoms with Crippen molar-refractivity contribution in [2.24, 2.45) is 0 Å². The highest BCUT2D eigenvalue weighted by atomic mass is 79.9. The molecule has 17 heavy (non-hydrogen) atoms. The van der Waals surface area contributed by atoms with Crippen LogP contribution in [0, 0.1) is 0 Å². The van der Waals surface area contributed by atoms with Gasteiger partial charge >= 0.3 is 0 Å². The van der Waals surface area contributed by atoms with Crippen molar-refractivity contribution in [2.45, 2.75) is 10.7 Å². The van der Waals surface area contributed by atoms with E-state index in [-0.39, 0.29) is 9.64 Å². The highest BCUT2D eigenvalue weighted by molar-refractivity contribution is 9.24. The van der Waals surface area contributed by atoms with Crippen LogP contribution >= 0.6 is 31.9 Å². The van der Waals surface area contributed by atoms with Gasteiger partial charge in [-0.25, -0.2) is 0 Å². The molecule has 88 valence electrons. The van der Waals surface area contributed by atoms with Gasteiger partial charge in [0.1, 0.15) is 0 Å². The standard InChI is InChI=1S/C12H10Br2N2O/c1-7(17)16-11-3-2-9(12(13)14)10-6-15-5-4-8(10)11/h2-6,12H,1H3,(H,16,17). The number of carbonyl (C=O) groups is 1. The summed E-state index contributed by atoms with van der Waals surface area (Å²) in [4.78, 5) is 15.3. The molecule has 0 unspecified atom stereocenters. The van der Waals surface area contributed by atoms with Crippen LogP contribution in [0.15, 0.2) is 30.6 Å². The van der Waals surface area contributed by atoms with E-state index in [2.05, 4.69) is 42.2 Å². The zero-order valence-corrected chi connectivity index (χ0v) is 12.2. The Bertz CT molecular complexity index is 569. The summed E-state index contributed by atoms with van der Waals surface area (Å²) in [7, 11) is 0. The molecule has 0 spiro atoms. The molecular formula is C12H10Br2N2O. The molecule has 1 N–H and O–H groups in total. The molecule has 0 saturated heterocycles. The van der Waals surface area contributed by atoms with Crippen molar-refractivity contribution in [3.05, 3.63) is 36.2 Å². The molecule has 0 fully saturated rings. The topological polar surface area (TPSA) is 42.0 Å². The van der Waals surface area contributed by atoms with E-state index in [1.165, 1.54) is 6.92 Å². The predicted octanol–water partition coefficient (Wildman–Crippen LogP) is 3.98. The lowest BCUT2D eigenvalue weighted by Gasteiger charge is -2.11. The molecule has 0 aliphatic heterocycles. The second kappa shape index (κ2) is 5.14. The van der Waals surface area contributed by atoms with E-state index in [0.29, 0.717) is 0 Å². The van der Waals surface area contributed by atoms with Crippen LogP contribution < -0.4 is 5.32 Å². The van der Waals surface area contributed by atoms with Crippen LogP contribution in [-0.2, 0) is 4.79 Å². The van der Waals surface area contributed by atoms with E-state index in [4.69, 9.17) is 0 Å². The van der Waals surface area contributed by atoms with Gasteiger partial charge in [0.15, 0.2) is 0 Å². The highest BCUT2D eigenvalue weighted by Crippen LogP contribution is 2.36. The Balaban J connectivity index is 2.66. The van der Waals surface area contributed by atoms with Gasteiger partial charge in [0.2, 0.25) is 5.91 Å². The molecule has 0 aliphatic carbocycles. The lowest BCUT2D eigenvalue weighted by atomic mass is 10.1. The number of carbonyl (C=O) groups excluding carboxylic acids is 1. The van der Waals surface area contributed by atoms with Crippen molar-refractivity contribution >= 4 is 54.2 Å². The van der Waals surface area contributed by atoms with Crippen molar-refractivity contribution in [1.29, 1.82) is 0 Å². The third kappa shape index (κ3) is 2.66. The van der Waals surface area contributed by atoms with Crippen LogP contribution in [0.2, 0.25) is 0 Å². The molecule has 1 amide bonds. The third-order valence-electron chi connectivity index (χ3n) is 2.40. The van der Waals surface area contributed by atoms with Gasteiger partial charge in [-0.05, 0) is 17.7 Å². The average molecular weight is 358 g/mol. The van der Waals surface area contributed by atoms with Crippen LogP contribution in [0.4, 0.5) is 5.69 Å². The fourth-order valence-electron chi connectivity index (χ4n) is 1.70. The monoisotopic (exact) mass is 356 g/mol. The number of halogens is 2. The van der Waals surface area contributed by atoms with Crippen LogP contribution in [0.5, 0.6) is 0 Å². The summed E-state index contributed by atoms with van der Waals surface area (Å²) >= 11 is 6.96. The maximum atomic E-state index is 11.1. The number of nitrogens with one attached hydrogen (secondary N) is 1. The zero-order chi connectivity index (χ0) is 12.4. The Kier molecular flexibility index (Phi) is 3.79. The summed E-state index contributed by atoms with van der Waals surface area (Å²) in [5, 5.41) is 4.81. The van der Waals surface area contributed by atoms with Gasteiger partial charge in [-0.15, -0.1) is 0 Å². The SMILES string of the molecule is CC(=O)Nc1ccc(C(Br)Br)c2cnccc12. The summed E-state index contributed by atoms with van der Waals surface area (Å²) < 4.78 is 0.0630. The van der Waals surface area contributed by atoms with Crippen molar-refractivity contribution in [3.8, 4) is 0 Å². The number of alkyl halides is 2. The van der Waals surface area contributed by atoms with Gasteiger partial charge in [0.25, 0.3) is 0 Å². The predicted molar refractivity (Wildman–Crippen MR) is 76.6 cm³/mol. The number of fused-ring (bicyclic) bond motifs is 1. The molecule has 2 rings (SSSR count). The third-order valence-corrected chi connectivity index (χ3v) is 3.38. The first-order valence-electron chi connectivity index (χ1n) is 5.02. The number of aromatic nitrogens is 1. The van der Waals surface area contributed by atoms with E-state index in [0.717, 1.165) is 22.0 Å². The summed E-state index contributed by atoms with van der Waals surface area (Å²) in [6.07, 6.45) is 3.51. The number of hydrogen-bond acceptors (Lipinski definition) is 2. The van der Waals surface area contributed by atoms with E-state index in [9.17, 15) is 4.79 Å². The first kappa shape index (κ1) is 12.5. The Morgan fingerprint density at radius 3 is 2.71 bits per heavy atom. The number of nitrogens with zero attached hydrogens (tertiary/aromatic N) is 1. The summed E-state index contributed by atoms with van der Waals surface area (Å²) in [5.41, 5.74) is 1.89. The number of amides is 1. The number of hydrogen-bond donors (Lipinski definition) is 1. The molecule has 3 nitrogen and oxygen atoms in total. The molecular weight excluding hydrogens is 348 g/mol. The van der Waals surface area contributed by atoms with E-state index >= 15 is 0 Å². The van der Waals surface area contributed by atoms with Gasteiger partial charge in [0, 0.05) is 35.8 Å². The molecule has 1 aromatic heterocycles. The van der Waals surface area contributed by atoms with E-state index in [1.807, 2.05) is 18.2 Å². The normalized spacial score (nSPS) is 10.8. The number of benzene rings is 1. The van der Waals surface area contributed by atoms with Gasteiger partial charge in [-0.1, -0.05) is 37.9 Å². The Morgan fingerprint density at radius 1 is 1.29 bits per heavy atom. The maximum Gasteiger partial charge on any atom is 0.221 e. The molecule has 5 heteroatoms. The first-order chi connectivity index (χ1) is 8.09. The maximum absolute atomic E-state index is 11.1. The first-order valence-corrected chi connectivity index (χ1v) is 6.85. The summed E-state index contributed by atoms with van der Waals surface area (Å²) in [6.45, 7) is 1.50. The molecule has 0 aliphatic rings. The highest BCUT2D eigenvalue weighted by Gasteiger charge is 2.11. The lowest BCUT2D eigenvalue weighted by Crippen LogP contribution is -2.06. The van der Waals surface area contributed by atoms with Crippen molar-refractivity contribution in [3.63, 3.8) is 0 Å². The van der Waals surface area contributed by atoms with Gasteiger partial charge in [0.05, 0.1) is 3.74 Å². The fraction of sp³-hybridized carbons (Fsp3) is 0.167. The fourth-order valence-corrected chi connectivity index (χ4v) is 2.50. The largest absolute Gasteiger partial charge is 0.326 e. The lowest BCUT2D eigenvalue weighted by molar-refractivity contribution is -0.114. The minimum Gasteiger partial charge on any atom is -0.326 e. The second-order valence-electron chi connectivity index (χ2n) is 3.61. The second-order valence-corrected chi connectivity index (χ2v) is 6.67. The summed E-state index contributed by atoms with van der Waals surface area (Å²) in [6, 6.07) is 5.75. The number of rotatable bonds is 2. The Morgan fingerprint density at radius 2 is 2.06 bits per heavy atom. The van der Waals surface area contributed by atoms with Crippen LogP contribution in [0.3, 0.4) is 0 Å². The number of anilines is 1. The Labute approximate surface area is 116 Å². The van der Waals surface area contributed by atoms with Gasteiger partial charge in [-0.2, -0.15) is 0 Å². The summed E-state index contributed by atoms with van der Waals surface area (Å²) in [5.74, 6) is -0.0786. The molecule has 1 aromatic carbocycles. The van der Waals surface area contributed by atoms with E-state index in [1.54, 1.807) is 12.4 Å². The van der Waals surface area contributed by atoms with Crippen LogP contribution in [0.1, 0.15) is 16.2 Å². The smallest absolute Gasteiger partial charge is 0.221 e. The molecule has 2 aromatic rings. The minimum absolute atomic E-state index is 0.0630. The minimum atomic E-state index is -0.0786. The van der Waals surface area contributed by atoms with Crippen LogP contribution in [0.25, 0.3) is 10.8 Å². The molecule has 0 radical (unpaired) electrons. The molecule has 1 heterocycles. The van der Waals surface area contributed by atoms with Gasteiger partial charge < -0.3 is 5.32 Å². The molecule has 0 atom stereocenters. The van der Waals surface area contributed by atoms with E-state index < -0.39 is 0 Å². The van der Waals surface area contributed by atoms with Gasteiger partial charge in [-0.3, -0.25) is 9.78 Å². The van der Waals surface area contributed by atoms with Crippen molar-refractivity contribution < 1.29 is 4.79 Å². The quantitative estimate of drug-likeness (QED) is 0.826. The Hall–Kier alpha value is -0.940. The van der Waals surface area contributed by atoms with Crippen molar-refractivity contribution in [1.82, 2.24) is 4.98 Å². The zero-order valence-electron chi connectivity index (χ0n) is 9.08. The molecule has 0 saturated carbocycles. The molecule has 0 bridgehead atoms.